The van der Waals surface area contributed by atoms with Gasteiger partial charge in [0.15, 0.2) is 0 Å². The van der Waals surface area contributed by atoms with Gasteiger partial charge < -0.3 is 10.1 Å². The van der Waals surface area contributed by atoms with Gasteiger partial charge in [0, 0.05) is 17.5 Å². The number of anilines is 1. The number of nitrogens with one attached hydrogen (secondary N) is 1. The van der Waals surface area contributed by atoms with Crippen LogP contribution in [-0.2, 0) is 10.7 Å². The summed E-state index contributed by atoms with van der Waals surface area (Å²) in [5.41, 5.74) is 2.22. The molecule has 1 N–H and O–H groups in total. The Morgan fingerprint density at radius 2 is 2.16 bits per heavy atom. The Morgan fingerprint density at radius 3 is 2.79 bits per heavy atom. The van der Waals surface area contributed by atoms with Gasteiger partial charge in [-0.05, 0) is 23.8 Å². The van der Waals surface area contributed by atoms with Gasteiger partial charge in [-0.2, -0.15) is 0 Å². The van der Waals surface area contributed by atoms with Crippen molar-refractivity contribution in [1.29, 1.82) is 0 Å². The molecule has 0 atom stereocenters. The minimum atomic E-state index is -0.295. The maximum absolute atomic E-state index is 11.3. The number of nitrogens with zero attached hydrogens (tertiary/aromatic N) is 1. The first-order valence-corrected chi connectivity index (χ1v) is 6.63. The van der Waals surface area contributed by atoms with Gasteiger partial charge in [-0.1, -0.05) is 0 Å². The molecular formula is C13H12Cl2N2O2. The summed E-state index contributed by atoms with van der Waals surface area (Å²) in [5.74, 6) is 0.548. The quantitative estimate of drug-likeness (QED) is 0.882. The lowest BCUT2D eigenvalue weighted by Crippen LogP contribution is -2.13. The second-order valence-corrected chi connectivity index (χ2v) is 4.44. The van der Waals surface area contributed by atoms with Crippen molar-refractivity contribution in [1.82, 2.24) is 4.98 Å². The summed E-state index contributed by atoms with van der Waals surface area (Å²) in [6.45, 7) is 0. The van der Waals surface area contributed by atoms with E-state index in [2.05, 4.69) is 10.3 Å². The molecule has 0 aliphatic heterocycles. The number of carbonyl (C=O) groups excluding carboxylic acids is 1. The number of pyridine rings is 1. The molecule has 2 rings (SSSR count). The summed E-state index contributed by atoms with van der Waals surface area (Å²) in [5, 5.41) is 3.57. The van der Waals surface area contributed by atoms with Gasteiger partial charge in [0.1, 0.15) is 11.6 Å². The molecule has 0 aliphatic carbocycles. The third-order valence-corrected chi connectivity index (χ3v) is 3.16. The van der Waals surface area contributed by atoms with E-state index >= 15 is 0 Å². The minimum Gasteiger partial charge on any atom is -0.495 e. The molecule has 1 aromatic carbocycles. The molecule has 2 aromatic rings. The van der Waals surface area contributed by atoms with Gasteiger partial charge in [-0.25, -0.2) is 0 Å². The number of carbonyl (C=O) groups is 1. The predicted octanol–water partition coefficient (Wildman–Crippen LogP) is 3.16. The average molecular weight is 299 g/mol. The van der Waals surface area contributed by atoms with Crippen LogP contribution in [-0.4, -0.2) is 23.9 Å². The predicted molar refractivity (Wildman–Crippen MR) is 77.2 cm³/mol. The van der Waals surface area contributed by atoms with E-state index in [4.69, 9.17) is 27.9 Å². The summed E-state index contributed by atoms with van der Waals surface area (Å²) >= 11 is 11.2. The van der Waals surface area contributed by atoms with Crippen molar-refractivity contribution >= 4 is 45.7 Å². The highest BCUT2D eigenvalue weighted by molar-refractivity contribution is 6.29. The Kier molecular flexibility index (Phi) is 4.45. The van der Waals surface area contributed by atoms with Crippen LogP contribution in [0.5, 0.6) is 5.75 Å². The third-order valence-electron chi connectivity index (χ3n) is 2.61. The lowest BCUT2D eigenvalue weighted by atomic mass is 10.1. The molecule has 0 radical (unpaired) electrons. The molecule has 1 aromatic heterocycles. The van der Waals surface area contributed by atoms with Gasteiger partial charge in [0.2, 0.25) is 5.91 Å². The van der Waals surface area contributed by atoms with E-state index in [0.717, 1.165) is 16.5 Å². The summed E-state index contributed by atoms with van der Waals surface area (Å²) in [6.07, 6.45) is 1.70. The van der Waals surface area contributed by atoms with Crippen molar-refractivity contribution < 1.29 is 9.53 Å². The van der Waals surface area contributed by atoms with Crippen LogP contribution in [0.25, 0.3) is 10.9 Å². The van der Waals surface area contributed by atoms with Crippen molar-refractivity contribution in [2.45, 2.75) is 5.88 Å². The number of amides is 1. The van der Waals surface area contributed by atoms with Crippen molar-refractivity contribution in [3.8, 4) is 5.75 Å². The number of alkyl halides is 2. The van der Waals surface area contributed by atoms with Crippen LogP contribution in [0.1, 0.15) is 5.56 Å². The normalized spacial score (nSPS) is 10.5. The lowest BCUT2D eigenvalue weighted by Gasteiger charge is -2.11. The molecule has 0 saturated carbocycles. The van der Waals surface area contributed by atoms with Crippen LogP contribution in [0, 0.1) is 0 Å². The van der Waals surface area contributed by atoms with Crippen LogP contribution in [0.2, 0.25) is 0 Å². The Balaban J connectivity index is 2.50. The minimum absolute atomic E-state index is 0.111. The summed E-state index contributed by atoms with van der Waals surface area (Å²) in [6, 6.07) is 5.49. The monoisotopic (exact) mass is 298 g/mol. The van der Waals surface area contributed by atoms with Gasteiger partial charge >= 0.3 is 0 Å². The number of fused-ring (bicyclic) bond motifs is 1. The smallest absolute Gasteiger partial charge is 0.239 e. The highest BCUT2D eigenvalue weighted by Crippen LogP contribution is 2.30. The number of aromatic nitrogens is 1. The molecule has 4 nitrogen and oxygen atoms in total. The van der Waals surface area contributed by atoms with Crippen LogP contribution in [0.15, 0.2) is 24.4 Å². The van der Waals surface area contributed by atoms with Gasteiger partial charge in [0.05, 0.1) is 18.3 Å². The van der Waals surface area contributed by atoms with E-state index in [0.29, 0.717) is 17.3 Å². The molecule has 0 spiro atoms. The van der Waals surface area contributed by atoms with Gasteiger partial charge in [-0.15, -0.1) is 23.2 Å². The van der Waals surface area contributed by atoms with E-state index < -0.39 is 0 Å². The molecule has 19 heavy (non-hydrogen) atoms. The highest BCUT2D eigenvalue weighted by atomic mass is 35.5. The van der Waals surface area contributed by atoms with E-state index in [1.165, 1.54) is 7.11 Å². The zero-order chi connectivity index (χ0) is 13.8. The van der Waals surface area contributed by atoms with Crippen LogP contribution in [0.4, 0.5) is 5.69 Å². The molecule has 1 amide bonds. The molecule has 0 aliphatic rings. The Bertz CT molecular complexity index is 617. The van der Waals surface area contributed by atoms with E-state index in [1.54, 1.807) is 12.3 Å². The summed E-state index contributed by atoms with van der Waals surface area (Å²) in [4.78, 5) is 15.6. The Labute approximate surface area is 120 Å². The second-order valence-electron chi connectivity index (χ2n) is 3.90. The first-order chi connectivity index (χ1) is 9.17. The zero-order valence-corrected chi connectivity index (χ0v) is 11.8. The molecule has 0 saturated heterocycles. The van der Waals surface area contributed by atoms with Crippen molar-refractivity contribution in [2.24, 2.45) is 0 Å². The van der Waals surface area contributed by atoms with Crippen LogP contribution < -0.4 is 10.1 Å². The number of hydrogen-bond donors (Lipinski definition) is 1. The second kappa shape index (κ2) is 6.08. The fourth-order valence-electron chi connectivity index (χ4n) is 1.72. The first-order valence-electron chi connectivity index (χ1n) is 5.56. The molecule has 0 unspecified atom stereocenters. The summed E-state index contributed by atoms with van der Waals surface area (Å²) < 4.78 is 5.25. The lowest BCUT2D eigenvalue weighted by molar-refractivity contribution is -0.113. The highest BCUT2D eigenvalue weighted by Gasteiger charge is 2.09. The number of rotatable bonds is 4. The first kappa shape index (κ1) is 13.9. The number of ether oxygens (including phenoxy) is 1. The standard InChI is InChI=1S/C13H12Cl2N2O2/c1-19-12-3-9-2-8(5-14)7-16-10(9)4-11(12)17-13(18)6-15/h2-4,7H,5-6H2,1H3,(H,17,18). The molecule has 0 bridgehead atoms. The average Bonchev–Trinajstić information content (AvgIpc) is 2.45. The number of methoxy groups -OCH3 is 1. The Morgan fingerprint density at radius 1 is 1.37 bits per heavy atom. The number of halogens is 2. The maximum atomic E-state index is 11.3. The fraction of sp³-hybridized carbons (Fsp3) is 0.231. The third kappa shape index (κ3) is 3.08. The van der Waals surface area contributed by atoms with Crippen LogP contribution >= 0.6 is 23.2 Å². The number of benzene rings is 1. The molecular weight excluding hydrogens is 287 g/mol. The molecule has 6 heteroatoms. The van der Waals surface area contributed by atoms with Gasteiger partial charge in [-0.3, -0.25) is 9.78 Å². The topological polar surface area (TPSA) is 51.2 Å². The fourth-order valence-corrected chi connectivity index (χ4v) is 1.94. The summed E-state index contributed by atoms with van der Waals surface area (Å²) in [7, 11) is 1.54. The van der Waals surface area contributed by atoms with Crippen molar-refractivity contribution in [2.75, 3.05) is 18.3 Å². The van der Waals surface area contributed by atoms with Gasteiger partial charge in [0.25, 0.3) is 0 Å². The van der Waals surface area contributed by atoms with Crippen LogP contribution in [0.3, 0.4) is 0 Å². The van der Waals surface area contributed by atoms with E-state index in [9.17, 15) is 4.79 Å². The van der Waals surface area contributed by atoms with Crippen molar-refractivity contribution in [3.05, 3.63) is 30.0 Å². The largest absolute Gasteiger partial charge is 0.495 e. The van der Waals surface area contributed by atoms with E-state index in [1.807, 2.05) is 12.1 Å². The molecule has 100 valence electrons. The zero-order valence-electron chi connectivity index (χ0n) is 10.2. The maximum Gasteiger partial charge on any atom is 0.239 e. The SMILES string of the molecule is COc1cc2cc(CCl)cnc2cc1NC(=O)CCl. The van der Waals surface area contributed by atoms with E-state index in [-0.39, 0.29) is 11.8 Å². The van der Waals surface area contributed by atoms with Crippen molar-refractivity contribution in [3.63, 3.8) is 0 Å². The molecule has 0 fully saturated rings. The number of hydrogen-bond acceptors (Lipinski definition) is 3. The molecule has 1 heterocycles. The Hall–Kier alpha value is -1.52.